The van der Waals surface area contributed by atoms with Crippen LogP contribution in [0, 0.1) is 0 Å². The second kappa shape index (κ2) is 5.41. The van der Waals surface area contributed by atoms with E-state index in [1.54, 1.807) is 0 Å². The third kappa shape index (κ3) is 2.54. The highest BCUT2D eigenvalue weighted by atomic mass is 32.2. The molecule has 2 aliphatic heterocycles. The van der Waals surface area contributed by atoms with Crippen molar-refractivity contribution in [2.45, 2.75) is 57.0 Å². The van der Waals surface area contributed by atoms with Crippen molar-refractivity contribution >= 4 is 17.7 Å². The van der Waals surface area contributed by atoms with Crippen LogP contribution in [0.5, 0.6) is 0 Å². The first kappa shape index (κ1) is 12.2. The zero-order valence-corrected chi connectivity index (χ0v) is 11.1. The average Bonchev–Trinajstić information content (AvgIpc) is 2.58. The fraction of sp³-hybridized carbons (Fsp3) is 0.917. The Labute approximate surface area is 102 Å². The number of carbonyl (C=O) groups excluding carboxylic acids is 1. The predicted octanol–water partition coefficient (Wildman–Crippen LogP) is 1.83. The van der Waals surface area contributed by atoms with Gasteiger partial charge in [-0.1, -0.05) is 13.3 Å². The minimum absolute atomic E-state index is 0.0125. The van der Waals surface area contributed by atoms with Gasteiger partial charge in [-0.05, 0) is 31.9 Å². The second-order valence-electron chi connectivity index (χ2n) is 4.79. The van der Waals surface area contributed by atoms with E-state index in [4.69, 9.17) is 0 Å². The maximum Gasteiger partial charge on any atom is 0.240 e. The van der Waals surface area contributed by atoms with Gasteiger partial charge in [0.05, 0.1) is 12.2 Å². The number of rotatable bonds is 3. The molecule has 2 fully saturated rings. The predicted molar refractivity (Wildman–Crippen MR) is 68.5 cm³/mol. The van der Waals surface area contributed by atoms with Crippen LogP contribution in [0.15, 0.2) is 0 Å². The molecule has 3 unspecified atom stereocenters. The summed E-state index contributed by atoms with van der Waals surface area (Å²) in [5, 5.41) is 4.03. The number of hydrogen-bond acceptors (Lipinski definition) is 3. The van der Waals surface area contributed by atoms with E-state index >= 15 is 0 Å². The van der Waals surface area contributed by atoms with Crippen LogP contribution in [0.3, 0.4) is 0 Å². The van der Waals surface area contributed by atoms with E-state index in [-0.39, 0.29) is 18.1 Å². The lowest BCUT2D eigenvalue weighted by molar-refractivity contribution is -0.129. The van der Waals surface area contributed by atoms with Crippen molar-refractivity contribution in [1.29, 1.82) is 0 Å². The number of nitrogens with zero attached hydrogens (tertiary/aromatic N) is 1. The summed E-state index contributed by atoms with van der Waals surface area (Å²) in [6, 6.07) is 0.0125. The lowest BCUT2D eigenvalue weighted by atomic mass is 10.1. The van der Waals surface area contributed by atoms with Crippen molar-refractivity contribution < 1.29 is 4.79 Å². The highest BCUT2D eigenvalue weighted by Crippen LogP contribution is 2.27. The molecule has 0 aromatic rings. The molecule has 3 nitrogen and oxygen atoms in total. The summed E-state index contributed by atoms with van der Waals surface area (Å²) in [5.74, 6) is 1.56. The molecule has 3 atom stereocenters. The molecule has 2 saturated heterocycles. The summed E-state index contributed by atoms with van der Waals surface area (Å²) in [5.41, 5.74) is 0. The van der Waals surface area contributed by atoms with Crippen molar-refractivity contribution in [3.8, 4) is 0 Å². The number of nitrogens with one attached hydrogen (secondary N) is 1. The van der Waals surface area contributed by atoms with E-state index in [1.165, 1.54) is 25.0 Å². The Morgan fingerprint density at radius 2 is 2.31 bits per heavy atom. The van der Waals surface area contributed by atoms with Crippen LogP contribution >= 0.6 is 11.8 Å². The number of carbonyl (C=O) groups is 1. The first-order chi connectivity index (χ1) is 7.72. The largest absolute Gasteiger partial charge is 0.325 e. The molecule has 2 heterocycles. The van der Waals surface area contributed by atoms with Gasteiger partial charge in [0.25, 0.3) is 0 Å². The van der Waals surface area contributed by atoms with E-state index in [0.29, 0.717) is 5.25 Å². The summed E-state index contributed by atoms with van der Waals surface area (Å²) >= 11 is 2.04. The lowest BCUT2D eigenvalue weighted by Crippen LogP contribution is -2.41. The van der Waals surface area contributed by atoms with Crippen molar-refractivity contribution in [2.75, 3.05) is 12.3 Å². The summed E-state index contributed by atoms with van der Waals surface area (Å²) in [4.78, 5) is 14.1. The Kier molecular flexibility index (Phi) is 4.14. The van der Waals surface area contributed by atoms with Crippen molar-refractivity contribution in [3.63, 3.8) is 0 Å². The van der Waals surface area contributed by atoms with E-state index in [1.807, 2.05) is 18.7 Å². The molecular formula is C12H22N2OS. The monoisotopic (exact) mass is 242 g/mol. The third-order valence-corrected chi connectivity index (χ3v) is 4.91. The lowest BCUT2D eigenvalue weighted by Gasteiger charge is -2.29. The van der Waals surface area contributed by atoms with E-state index in [2.05, 4.69) is 17.1 Å². The molecule has 2 rings (SSSR count). The molecule has 92 valence electrons. The Bertz CT molecular complexity index is 253. The minimum atomic E-state index is 0.0125. The molecule has 2 aliphatic rings. The summed E-state index contributed by atoms with van der Waals surface area (Å²) < 4.78 is 0. The van der Waals surface area contributed by atoms with Gasteiger partial charge in [-0.2, -0.15) is 11.8 Å². The highest BCUT2D eigenvalue weighted by molar-refractivity contribution is 7.99. The molecule has 0 aliphatic carbocycles. The molecule has 1 amide bonds. The molecule has 4 heteroatoms. The maximum atomic E-state index is 12.0. The highest BCUT2D eigenvalue weighted by Gasteiger charge is 2.36. The van der Waals surface area contributed by atoms with Crippen LogP contribution in [0.2, 0.25) is 0 Å². The quantitative estimate of drug-likeness (QED) is 0.819. The summed E-state index contributed by atoms with van der Waals surface area (Å²) in [7, 11) is 0. The third-order valence-electron chi connectivity index (χ3n) is 3.53. The maximum absolute atomic E-state index is 12.0. The van der Waals surface area contributed by atoms with Crippen LogP contribution in [0.25, 0.3) is 0 Å². The van der Waals surface area contributed by atoms with Crippen LogP contribution in [-0.4, -0.2) is 40.6 Å². The minimum Gasteiger partial charge on any atom is -0.325 e. The van der Waals surface area contributed by atoms with Crippen LogP contribution < -0.4 is 5.32 Å². The zero-order chi connectivity index (χ0) is 11.5. The molecule has 0 bridgehead atoms. The molecule has 16 heavy (non-hydrogen) atoms. The van der Waals surface area contributed by atoms with Crippen molar-refractivity contribution in [3.05, 3.63) is 0 Å². The second-order valence-corrected chi connectivity index (χ2v) is 6.20. The summed E-state index contributed by atoms with van der Waals surface area (Å²) in [6.45, 7) is 5.06. The van der Waals surface area contributed by atoms with Gasteiger partial charge >= 0.3 is 0 Å². The van der Waals surface area contributed by atoms with Gasteiger partial charge in [-0.3, -0.25) is 10.1 Å². The van der Waals surface area contributed by atoms with Gasteiger partial charge in [0.15, 0.2) is 0 Å². The molecular weight excluding hydrogens is 220 g/mol. The van der Waals surface area contributed by atoms with Gasteiger partial charge in [0.2, 0.25) is 5.91 Å². The molecule has 0 saturated carbocycles. The normalized spacial score (nSPS) is 35.8. The summed E-state index contributed by atoms with van der Waals surface area (Å²) in [6.07, 6.45) is 5.23. The van der Waals surface area contributed by atoms with E-state index < -0.39 is 0 Å². The van der Waals surface area contributed by atoms with E-state index in [0.717, 1.165) is 13.0 Å². The standard InChI is InChI=1S/C12H22N2OS/c1-3-11-13-9(2)12(15)14(11)8-10-6-4-5-7-16-10/h9-11,13H,3-8H2,1-2H3. The molecule has 0 aromatic carbocycles. The zero-order valence-electron chi connectivity index (χ0n) is 10.2. The smallest absolute Gasteiger partial charge is 0.240 e. The Balaban J connectivity index is 1.93. The van der Waals surface area contributed by atoms with Gasteiger partial charge in [-0.25, -0.2) is 0 Å². The van der Waals surface area contributed by atoms with Gasteiger partial charge in [0.1, 0.15) is 0 Å². The number of amides is 1. The Morgan fingerprint density at radius 3 is 2.94 bits per heavy atom. The van der Waals surface area contributed by atoms with E-state index in [9.17, 15) is 4.79 Å². The fourth-order valence-corrected chi connectivity index (χ4v) is 3.88. The molecule has 1 N–H and O–H groups in total. The SMILES string of the molecule is CCC1NC(C)C(=O)N1CC1CCCCS1. The average molecular weight is 242 g/mol. The molecule has 0 spiro atoms. The van der Waals surface area contributed by atoms with Crippen LogP contribution in [0.4, 0.5) is 0 Å². The fourth-order valence-electron chi connectivity index (χ4n) is 2.58. The first-order valence-electron chi connectivity index (χ1n) is 6.40. The van der Waals surface area contributed by atoms with Crippen molar-refractivity contribution in [2.24, 2.45) is 0 Å². The first-order valence-corrected chi connectivity index (χ1v) is 7.45. The van der Waals surface area contributed by atoms with Crippen LogP contribution in [0.1, 0.15) is 39.5 Å². The van der Waals surface area contributed by atoms with Crippen LogP contribution in [-0.2, 0) is 4.79 Å². The van der Waals surface area contributed by atoms with Gasteiger partial charge < -0.3 is 4.90 Å². The Hall–Kier alpha value is -0.220. The number of thioether (sulfide) groups is 1. The van der Waals surface area contributed by atoms with Crippen molar-refractivity contribution in [1.82, 2.24) is 10.2 Å². The molecule has 0 radical (unpaired) electrons. The Morgan fingerprint density at radius 1 is 1.50 bits per heavy atom. The van der Waals surface area contributed by atoms with Gasteiger partial charge in [0, 0.05) is 11.8 Å². The van der Waals surface area contributed by atoms with Gasteiger partial charge in [-0.15, -0.1) is 0 Å². The number of hydrogen-bond donors (Lipinski definition) is 1. The topological polar surface area (TPSA) is 32.3 Å². The molecule has 0 aromatic heterocycles.